The van der Waals surface area contributed by atoms with Gasteiger partial charge in [-0.25, -0.2) is 0 Å². The van der Waals surface area contributed by atoms with Crippen molar-refractivity contribution in [3.05, 3.63) is 0 Å². The third-order valence-electron chi connectivity index (χ3n) is 1.35. The molecule has 0 aliphatic carbocycles. The van der Waals surface area contributed by atoms with Crippen molar-refractivity contribution < 1.29 is 13.6 Å². The van der Waals surface area contributed by atoms with Crippen molar-refractivity contribution in [2.24, 2.45) is 0 Å². The Morgan fingerprint density at radius 2 is 1.73 bits per heavy atom. The second-order valence-corrected chi connectivity index (χ2v) is 5.62. The molecule has 0 unspecified atom stereocenters. The molecule has 0 N–H and O–H groups in total. The van der Waals surface area contributed by atoms with Crippen LogP contribution in [0, 0.1) is 0 Å². The smallest absolute Gasteiger partial charge is 0.342 e. The molecule has 0 radical (unpaired) electrons. The normalized spacial score (nSPS) is 11.5. The van der Waals surface area contributed by atoms with Crippen molar-refractivity contribution in [1.29, 1.82) is 0 Å². The van der Waals surface area contributed by atoms with Gasteiger partial charge in [-0.3, -0.25) is 0 Å². The maximum atomic E-state index is 10.2. The molecule has 4 heteroatoms. The largest absolute Gasteiger partial charge is 0.394 e. The highest BCUT2D eigenvalue weighted by Gasteiger charge is 2.29. The van der Waals surface area contributed by atoms with Crippen LogP contribution in [-0.2, 0) is 13.6 Å². The third-order valence-corrected chi connectivity index (χ3v) is 4.06. The van der Waals surface area contributed by atoms with Crippen LogP contribution in [0.4, 0.5) is 0 Å². The molecule has 0 saturated carbocycles. The van der Waals surface area contributed by atoms with Crippen molar-refractivity contribution in [3.8, 4) is 0 Å². The monoisotopic (exact) mass is 176 g/mol. The van der Waals surface area contributed by atoms with Gasteiger partial charge in [-0.2, -0.15) is 0 Å². The molecule has 0 rings (SSSR count). The maximum absolute atomic E-state index is 10.2. The van der Waals surface area contributed by atoms with Crippen LogP contribution in [0.1, 0.15) is 13.8 Å². The van der Waals surface area contributed by atoms with Gasteiger partial charge in [-0.05, 0) is 20.4 Å². The van der Waals surface area contributed by atoms with E-state index in [0.29, 0.717) is 19.3 Å². The summed E-state index contributed by atoms with van der Waals surface area (Å²) in [7, 11) is -2.12. The summed E-state index contributed by atoms with van der Waals surface area (Å²) in [5, 5.41) is 0. The fraction of sp³-hybridized carbons (Fsp3) is 0.857. The summed E-state index contributed by atoms with van der Waals surface area (Å²) in [6, 6.07) is 0.425. The minimum absolute atomic E-state index is 0.425. The molecule has 0 spiro atoms. The van der Waals surface area contributed by atoms with Crippen molar-refractivity contribution in [3.63, 3.8) is 0 Å². The van der Waals surface area contributed by atoms with Crippen molar-refractivity contribution in [2.45, 2.75) is 26.4 Å². The van der Waals surface area contributed by atoms with E-state index in [1.165, 1.54) is 0 Å². The first kappa shape index (κ1) is 10.8. The molecule has 0 atom stereocenters. The first-order valence-electron chi connectivity index (χ1n) is 3.90. The molecule has 0 bridgehead atoms. The molecule has 11 heavy (non-hydrogen) atoms. The Balaban J connectivity index is 3.88. The number of hydrogen-bond acceptors (Lipinski definition) is 3. The summed E-state index contributed by atoms with van der Waals surface area (Å²) >= 11 is 0. The molecule has 0 heterocycles. The molecule has 3 nitrogen and oxygen atoms in total. The summed E-state index contributed by atoms with van der Waals surface area (Å²) in [6.45, 7) is 6.98. The van der Waals surface area contributed by atoms with Gasteiger partial charge in [-0.15, -0.1) is 0 Å². The highest BCUT2D eigenvalue weighted by Crippen LogP contribution is 2.10. The van der Waals surface area contributed by atoms with Crippen LogP contribution in [0.2, 0.25) is 12.6 Å². The van der Waals surface area contributed by atoms with Crippen LogP contribution in [0.3, 0.4) is 0 Å². The Morgan fingerprint density at radius 3 is 2.00 bits per heavy atom. The van der Waals surface area contributed by atoms with E-state index in [9.17, 15) is 4.79 Å². The van der Waals surface area contributed by atoms with Crippen molar-refractivity contribution >= 4 is 14.8 Å². The van der Waals surface area contributed by atoms with Crippen LogP contribution in [0.25, 0.3) is 0 Å². The molecule has 0 aliphatic rings. The topological polar surface area (TPSA) is 35.5 Å². The molecule has 0 aromatic carbocycles. The summed E-state index contributed by atoms with van der Waals surface area (Å²) in [6.07, 6.45) is 0.873. The Bertz CT molecular complexity index is 110. The first-order valence-corrected chi connectivity index (χ1v) is 6.42. The average Bonchev–Trinajstić information content (AvgIpc) is 1.88. The molecular formula is C7H16O3Si. The molecule has 0 fully saturated rings. The molecule has 66 valence electrons. The lowest BCUT2D eigenvalue weighted by Gasteiger charge is -2.23. The zero-order valence-electron chi connectivity index (χ0n) is 7.42. The van der Waals surface area contributed by atoms with Gasteiger partial charge < -0.3 is 13.6 Å². The summed E-state index contributed by atoms with van der Waals surface area (Å²) in [4.78, 5) is 10.2. The second kappa shape index (κ2) is 5.46. The minimum Gasteiger partial charge on any atom is -0.394 e. The average molecular weight is 176 g/mol. The molecule has 0 saturated heterocycles. The van der Waals surface area contributed by atoms with E-state index in [2.05, 4.69) is 0 Å². The molecule has 0 amide bonds. The van der Waals surface area contributed by atoms with Gasteiger partial charge in [0.05, 0.1) is 0 Å². The Hall–Kier alpha value is -0.193. The predicted octanol–water partition coefficient (Wildman–Crippen LogP) is 1.33. The van der Waals surface area contributed by atoms with Crippen LogP contribution >= 0.6 is 0 Å². The van der Waals surface area contributed by atoms with E-state index in [1.54, 1.807) is 0 Å². The van der Waals surface area contributed by atoms with E-state index < -0.39 is 8.56 Å². The van der Waals surface area contributed by atoms with Gasteiger partial charge >= 0.3 is 8.56 Å². The van der Waals surface area contributed by atoms with E-state index in [0.717, 1.165) is 6.29 Å². The lowest BCUT2D eigenvalue weighted by molar-refractivity contribution is -0.106. The summed E-state index contributed by atoms with van der Waals surface area (Å²) in [5.74, 6) is 0. The second-order valence-electron chi connectivity index (χ2n) is 2.37. The lowest BCUT2D eigenvalue weighted by Crippen LogP contribution is -2.38. The Labute approximate surface area is 68.9 Å². The Kier molecular flexibility index (Phi) is 5.36. The fourth-order valence-electron chi connectivity index (χ4n) is 0.922. The number of aldehydes is 1. The molecule has 0 aliphatic heterocycles. The first-order chi connectivity index (χ1) is 5.18. The highest BCUT2D eigenvalue weighted by atomic mass is 28.4. The van der Waals surface area contributed by atoms with Crippen LogP contribution in [0.15, 0.2) is 0 Å². The Morgan fingerprint density at radius 1 is 1.27 bits per heavy atom. The quantitative estimate of drug-likeness (QED) is 0.452. The molecule has 0 aromatic rings. The van der Waals surface area contributed by atoms with Crippen LogP contribution in [-0.4, -0.2) is 28.1 Å². The number of hydrogen-bond donors (Lipinski definition) is 0. The van der Waals surface area contributed by atoms with Gasteiger partial charge in [0, 0.05) is 19.3 Å². The SMILES string of the molecule is CCO[Si](C)(CC=O)OCC. The van der Waals surface area contributed by atoms with E-state index >= 15 is 0 Å². The van der Waals surface area contributed by atoms with E-state index in [4.69, 9.17) is 8.85 Å². The zero-order valence-corrected chi connectivity index (χ0v) is 8.42. The summed E-state index contributed by atoms with van der Waals surface area (Å²) < 4.78 is 10.8. The third kappa shape index (κ3) is 4.29. The molecular weight excluding hydrogens is 160 g/mol. The zero-order chi connectivity index (χ0) is 8.74. The van der Waals surface area contributed by atoms with Gasteiger partial charge in [0.15, 0.2) is 0 Å². The fourth-order valence-corrected chi connectivity index (χ4v) is 2.76. The van der Waals surface area contributed by atoms with Crippen molar-refractivity contribution in [1.82, 2.24) is 0 Å². The van der Waals surface area contributed by atoms with Crippen molar-refractivity contribution in [2.75, 3.05) is 13.2 Å². The number of rotatable bonds is 6. The van der Waals surface area contributed by atoms with E-state index in [1.807, 2.05) is 20.4 Å². The van der Waals surface area contributed by atoms with Gasteiger partial charge in [-0.1, -0.05) is 0 Å². The van der Waals surface area contributed by atoms with Crippen LogP contribution in [0.5, 0.6) is 0 Å². The van der Waals surface area contributed by atoms with Gasteiger partial charge in [0.1, 0.15) is 6.29 Å². The van der Waals surface area contributed by atoms with Gasteiger partial charge in [0.25, 0.3) is 0 Å². The predicted molar refractivity (Wildman–Crippen MR) is 45.7 cm³/mol. The minimum atomic E-state index is -2.12. The highest BCUT2D eigenvalue weighted by molar-refractivity contribution is 6.68. The summed E-state index contributed by atoms with van der Waals surface area (Å²) in [5.41, 5.74) is 0. The lowest BCUT2D eigenvalue weighted by atomic mass is 10.9. The van der Waals surface area contributed by atoms with Gasteiger partial charge in [0.2, 0.25) is 0 Å². The number of carbonyl (C=O) groups excluding carboxylic acids is 1. The number of carbonyl (C=O) groups is 1. The molecule has 0 aromatic heterocycles. The van der Waals surface area contributed by atoms with Crippen LogP contribution < -0.4 is 0 Å². The standard InChI is InChI=1S/C7H16O3Si/c1-4-9-11(3,7-6-8)10-5-2/h6H,4-5,7H2,1-3H3. The maximum Gasteiger partial charge on any atom is 0.342 e. The van der Waals surface area contributed by atoms with E-state index in [-0.39, 0.29) is 0 Å².